The summed E-state index contributed by atoms with van der Waals surface area (Å²) in [6.45, 7) is 2.93. The number of anilines is 1. The van der Waals surface area contributed by atoms with Crippen molar-refractivity contribution in [3.05, 3.63) is 22.9 Å². The van der Waals surface area contributed by atoms with E-state index in [9.17, 15) is 0 Å². The maximum absolute atomic E-state index is 5.95. The fourth-order valence-corrected chi connectivity index (χ4v) is 4.14. The van der Waals surface area contributed by atoms with E-state index < -0.39 is 0 Å². The van der Waals surface area contributed by atoms with Crippen LogP contribution in [0.3, 0.4) is 0 Å². The molecule has 2 aliphatic carbocycles. The van der Waals surface area contributed by atoms with Crippen LogP contribution >= 0.6 is 15.9 Å². The average Bonchev–Trinajstić information content (AvgIpc) is 2.92. The van der Waals surface area contributed by atoms with Gasteiger partial charge in [-0.2, -0.15) is 0 Å². The first-order chi connectivity index (χ1) is 9.26. The first-order valence-corrected chi connectivity index (χ1v) is 8.04. The number of nitrogens with zero attached hydrogens (tertiary/aromatic N) is 1. The van der Waals surface area contributed by atoms with E-state index >= 15 is 0 Å². The SMILES string of the molecule is CCOC1CC(Nc2cccnc2Br)C12CCCC2. The Labute approximate surface area is 123 Å². The van der Waals surface area contributed by atoms with Gasteiger partial charge in [-0.15, -0.1) is 0 Å². The highest BCUT2D eigenvalue weighted by Crippen LogP contribution is 2.55. The van der Waals surface area contributed by atoms with Gasteiger partial charge < -0.3 is 10.1 Å². The van der Waals surface area contributed by atoms with E-state index in [2.05, 4.69) is 39.2 Å². The molecule has 1 spiro atoms. The van der Waals surface area contributed by atoms with E-state index in [-0.39, 0.29) is 0 Å². The van der Waals surface area contributed by atoms with Crippen molar-refractivity contribution in [1.29, 1.82) is 0 Å². The van der Waals surface area contributed by atoms with E-state index in [0.717, 1.165) is 23.3 Å². The summed E-state index contributed by atoms with van der Waals surface area (Å²) in [5.41, 5.74) is 1.47. The van der Waals surface area contributed by atoms with Gasteiger partial charge in [-0.3, -0.25) is 0 Å². The minimum Gasteiger partial charge on any atom is -0.379 e. The zero-order valence-electron chi connectivity index (χ0n) is 11.4. The summed E-state index contributed by atoms with van der Waals surface area (Å²) in [7, 11) is 0. The predicted molar refractivity (Wildman–Crippen MR) is 80.3 cm³/mol. The van der Waals surface area contributed by atoms with Crippen molar-refractivity contribution in [1.82, 2.24) is 4.98 Å². The summed E-state index contributed by atoms with van der Waals surface area (Å²) in [5, 5.41) is 3.68. The van der Waals surface area contributed by atoms with Crippen LogP contribution in [0, 0.1) is 5.41 Å². The third-order valence-corrected chi connectivity index (χ3v) is 5.41. The van der Waals surface area contributed by atoms with Crippen molar-refractivity contribution >= 4 is 21.6 Å². The third-order valence-electron chi connectivity index (χ3n) is 4.78. The predicted octanol–water partition coefficient (Wildman–Crippen LogP) is 3.99. The number of pyridine rings is 1. The molecule has 2 saturated carbocycles. The summed E-state index contributed by atoms with van der Waals surface area (Å²) >= 11 is 3.52. The van der Waals surface area contributed by atoms with Gasteiger partial charge in [0.2, 0.25) is 0 Å². The molecule has 0 amide bonds. The highest BCUT2D eigenvalue weighted by atomic mass is 79.9. The molecule has 1 heterocycles. The molecule has 1 aromatic heterocycles. The van der Waals surface area contributed by atoms with Crippen LogP contribution in [0.25, 0.3) is 0 Å². The van der Waals surface area contributed by atoms with Crippen LogP contribution in [-0.2, 0) is 4.74 Å². The largest absolute Gasteiger partial charge is 0.379 e. The Morgan fingerprint density at radius 1 is 1.47 bits per heavy atom. The molecule has 2 atom stereocenters. The van der Waals surface area contributed by atoms with E-state index in [4.69, 9.17) is 4.74 Å². The molecular formula is C15H21BrN2O. The molecular weight excluding hydrogens is 304 g/mol. The summed E-state index contributed by atoms with van der Waals surface area (Å²) in [4.78, 5) is 4.28. The molecule has 0 aliphatic heterocycles. The molecule has 0 aromatic carbocycles. The Hall–Kier alpha value is -0.610. The molecule has 19 heavy (non-hydrogen) atoms. The first kappa shape index (κ1) is 13.4. The van der Waals surface area contributed by atoms with E-state index in [1.54, 1.807) is 0 Å². The second kappa shape index (κ2) is 5.41. The second-order valence-electron chi connectivity index (χ2n) is 5.66. The number of halogens is 1. The van der Waals surface area contributed by atoms with Crippen LogP contribution in [-0.4, -0.2) is 23.7 Å². The van der Waals surface area contributed by atoms with Crippen LogP contribution in [0.2, 0.25) is 0 Å². The van der Waals surface area contributed by atoms with Crippen molar-refractivity contribution in [3.63, 3.8) is 0 Å². The molecule has 2 unspecified atom stereocenters. The standard InChI is InChI=1S/C15H21BrN2O/c1-2-19-13-10-12(15(13)7-3-4-8-15)18-11-6-5-9-17-14(11)16/h5-6,9,12-13,18H,2-4,7-8,10H2,1H3. The smallest absolute Gasteiger partial charge is 0.129 e. The van der Waals surface area contributed by atoms with Gasteiger partial charge in [0.05, 0.1) is 11.8 Å². The monoisotopic (exact) mass is 324 g/mol. The Morgan fingerprint density at radius 3 is 2.95 bits per heavy atom. The van der Waals surface area contributed by atoms with E-state index in [1.807, 2.05) is 12.3 Å². The number of hydrogen-bond donors (Lipinski definition) is 1. The number of ether oxygens (including phenoxy) is 1. The third kappa shape index (κ3) is 2.29. The molecule has 3 nitrogen and oxygen atoms in total. The second-order valence-corrected chi connectivity index (χ2v) is 6.41. The quantitative estimate of drug-likeness (QED) is 0.850. The Bertz CT molecular complexity index is 446. The van der Waals surface area contributed by atoms with Crippen LogP contribution in [0.5, 0.6) is 0 Å². The number of aromatic nitrogens is 1. The van der Waals surface area contributed by atoms with Gasteiger partial charge in [0, 0.05) is 24.3 Å². The molecule has 0 radical (unpaired) electrons. The number of hydrogen-bond acceptors (Lipinski definition) is 3. The molecule has 0 saturated heterocycles. The number of rotatable bonds is 4. The lowest BCUT2D eigenvalue weighted by Crippen LogP contribution is -2.60. The molecule has 104 valence electrons. The van der Waals surface area contributed by atoms with Gasteiger partial charge in [0.15, 0.2) is 0 Å². The first-order valence-electron chi connectivity index (χ1n) is 7.25. The molecule has 4 heteroatoms. The molecule has 1 aromatic rings. The fraction of sp³-hybridized carbons (Fsp3) is 0.667. The Balaban J connectivity index is 1.74. The van der Waals surface area contributed by atoms with Crippen molar-refractivity contribution in [3.8, 4) is 0 Å². The average molecular weight is 325 g/mol. The summed E-state index contributed by atoms with van der Waals surface area (Å²) in [6.07, 6.45) is 8.67. The van der Waals surface area contributed by atoms with Crippen LogP contribution in [0.15, 0.2) is 22.9 Å². The van der Waals surface area contributed by atoms with Crippen LogP contribution in [0.4, 0.5) is 5.69 Å². The van der Waals surface area contributed by atoms with Gasteiger partial charge >= 0.3 is 0 Å². The Morgan fingerprint density at radius 2 is 2.26 bits per heavy atom. The molecule has 3 rings (SSSR count). The normalized spacial score (nSPS) is 28.3. The van der Waals surface area contributed by atoms with Crippen molar-refractivity contribution in [2.45, 2.75) is 51.2 Å². The van der Waals surface area contributed by atoms with Crippen molar-refractivity contribution in [2.24, 2.45) is 5.41 Å². The van der Waals surface area contributed by atoms with Crippen LogP contribution in [0.1, 0.15) is 39.0 Å². The van der Waals surface area contributed by atoms with Gasteiger partial charge in [-0.05, 0) is 54.2 Å². The van der Waals surface area contributed by atoms with Crippen LogP contribution < -0.4 is 5.32 Å². The lowest BCUT2D eigenvalue weighted by atomic mass is 9.60. The highest BCUT2D eigenvalue weighted by molar-refractivity contribution is 9.10. The van der Waals surface area contributed by atoms with E-state index in [0.29, 0.717) is 17.6 Å². The van der Waals surface area contributed by atoms with Gasteiger partial charge in [0.25, 0.3) is 0 Å². The maximum atomic E-state index is 5.95. The van der Waals surface area contributed by atoms with Crippen molar-refractivity contribution in [2.75, 3.05) is 11.9 Å². The van der Waals surface area contributed by atoms with E-state index in [1.165, 1.54) is 25.7 Å². The maximum Gasteiger partial charge on any atom is 0.129 e. The van der Waals surface area contributed by atoms with Gasteiger partial charge in [-0.1, -0.05) is 12.8 Å². The molecule has 1 N–H and O–H groups in total. The molecule has 0 bridgehead atoms. The minimum absolute atomic E-state index is 0.366. The van der Waals surface area contributed by atoms with Gasteiger partial charge in [-0.25, -0.2) is 4.98 Å². The lowest BCUT2D eigenvalue weighted by molar-refractivity contribution is -0.114. The lowest BCUT2D eigenvalue weighted by Gasteiger charge is -2.54. The Kier molecular flexibility index (Phi) is 3.81. The topological polar surface area (TPSA) is 34.1 Å². The summed E-state index contributed by atoms with van der Waals surface area (Å²) in [5.74, 6) is 0. The zero-order chi connectivity index (χ0) is 13.3. The number of nitrogens with one attached hydrogen (secondary N) is 1. The zero-order valence-corrected chi connectivity index (χ0v) is 12.9. The summed E-state index contributed by atoms with van der Waals surface area (Å²) in [6, 6.07) is 4.60. The van der Waals surface area contributed by atoms with Crippen molar-refractivity contribution < 1.29 is 4.74 Å². The summed E-state index contributed by atoms with van der Waals surface area (Å²) < 4.78 is 6.85. The minimum atomic E-state index is 0.366. The fourth-order valence-electron chi connectivity index (χ4n) is 3.77. The molecule has 2 fully saturated rings. The molecule has 2 aliphatic rings. The highest BCUT2D eigenvalue weighted by Gasteiger charge is 2.56. The van der Waals surface area contributed by atoms with Gasteiger partial charge in [0.1, 0.15) is 4.60 Å².